The van der Waals surface area contributed by atoms with E-state index in [-0.39, 0.29) is 5.91 Å². The van der Waals surface area contributed by atoms with Crippen molar-refractivity contribution in [3.05, 3.63) is 54.1 Å². The number of anilines is 2. The number of nitrogens with one attached hydrogen (secondary N) is 1. The van der Waals surface area contributed by atoms with Crippen LogP contribution >= 0.6 is 0 Å². The molecule has 4 heteroatoms. The van der Waals surface area contributed by atoms with Gasteiger partial charge in [0, 0.05) is 24.0 Å². The normalized spacial score (nSPS) is 10.5. The lowest BCUT2D eigenvalue weighted by molar-refractivity contribution is -0.115. The fourth-order valence-electron chi connectivity index (χ4n) is 2.72. The summed E-state index contributed by atoms with van der Waals surface area (Å²) in [5.41, 5.74) is 2.94. The van der Waals surface area contributed by atoms with Crippen LogP contribution in [-0.2, 0) is 11.2 Å². The van der Waals surface area contributed by atoms with Gasteiger partial charge in [-0.3, -0.25) is 4.79 Å². The van der Waals surface area contributed by atoms with E-state index >= 15 is 0 Å². The second-order valence-electron chi connectivity index (χ2n) is 6.00. The van der Waals surface area contributed by atoms with Crippen LogP contribution in [0.2, 0.25) is 0 Å². The molecule has 0 fully saturated rings. The summed E-state index contributed by atoms with van der Waals surface area (Å²) in [7, 11) is 1.63. The molecule has 0 unspecified atom stereocenters. The molecule has 0 aliphatic rings. The Hall–Kier alpha value is -2.49. The average molecular weight is 326 g/mol. The summed E-state index contributed by atoms with van der Waals surface area (Å²) in [6.45, 7) is 7.45. The van der Waals surface area contributed by atoms with Gasteiger partial charge in [-0.25, -0.2) is 0 Å². The molecule has 0 saturated heterocycles. The van der Waals surface area contributed by atoms with Gasteiger partial charge >= 0.3 is 0 Å². The molecule has 0 aromatic heterocycles. The number of amides is 1. The highest BCUT2D eigenvalue weighted by Crippen LogP contribution is 2.20. The minimum Gasteiger partial charge on any atom is -0.497 e. The van der Waals surface area contributed by atoms with E-state index in [0.29, 0.717) is 12.5 Å². The molecule has 0 bridgehead atoms. The number of methoxy groups -OCH3 is 1. The van der Waals surface area contributed by atoms with Gasteiger partial charge in [0.1, 0.15) is 5.75 Å². The summed E-state index contributed by atoms with van der Waals surface area (Å²) in [5.74, 6) is 0.768. The lowest BCUT2D eigenvalue weighted by atomic mass is 10.1. The second-order valence-corrected chi connectivity index (χ2v) is 6.00. The molecule has 24 heavy (non-hydrogen) atoms. The number of nitrogens with zero attached hydrogens (tertiary/aromatic N) is 1. The third-order valence-electron chi connectivity index (χ3n) is 3.97. The first-order valence-electron chi connectivity index (χ1n) is 8.33. The Kier molecular flexibility index (Phi) is 6.24. The van der Waals surface area contributed by atoms with Crippen LogP contribution in [0.4, 0.5) is 11.4 Å². The molecule has 1 N–H and O–H groups in total. The molecule has 0 saturated carbocycles. The van der Waals surface area contributed by atoms with Crippen molar-refractivity contribution in [3.8, 4) is 5.75 Å². The van der Waals surface area contributed by atoms with E-state index in [0.717, 1.165) is 23.5 Å². The van der Waals surface area contributed by atoms with E-state index in [1.807, 2.05) is 48.5 Å². The Bertz CT molecular complexity index is 648. The van der Waals surface area contributed by atoms with Gasteiger partial charge in [0.15, 0.2) is 0 Å². The Balaban J connectivity index is 1.96. The summed E-state index contributed by atoms with van der Waals surface area (Å²) < 4.78 is 5.12. The van der Waals surface area contributed by atoms with E-state index in [1.54, 1.807) is 7.11 Å². The number of hydrogen-bond donors (Lipinski definition) is 1. The Morgan fingerprint density at radius 3 is 2.21 bits per heavy atom. The van der Waals surface area contributed by atoms with Crippen molar-refractivity contribution in [1.29, 1.82) is 0 Å². The lowest BCUT2D eigenvalue weighted by Gasteiger charge is -2.27. The summed E-state index contributed by atoms with van der Waals surface area (Å²) in [4.78, 5) is 14.5. The molecule has 0 radical (unpaired) electrons. The standard InChI is InChI=1S/C20H26N2O2/c1-5-22(15(2)3)18-10-8-17(9-11-18)21-20(23)14-16-6-12-19(24-4)13-7-16/h6-13,15H,5,14H2,1-4H3,(H,21,23). The quantitative estimate of drug-likeness (QED) is 0.832. The van der Waals surface area contributed by atoms with E-state index in [9.17, 15) is 4.79 Å². The monoisotopic (exact) mass is 326 g/mol. The third-order valence-corrected chi connectivity index (χ3v) is 3.97. The van der Waals surface area contributed by atoms with Crippen LogP contribution in [0.5, 0.6) is 5.75 Å². The molecule has 2 aromatic carbocycles. The molecule has 2 aromatic rings. The van der Waals surface area contributed by atoms with Gasteiger partial charge in [0.05, 0.1) is 13.5 Å². The van der Waals surface area contributed by atoms with Crippen LogP contribution in [0.3, 0.4) is 0 Å². The number of carbonyl (C=O) groups excluding carboxylic acids is 1. The van der Waals surface area contributed by atoms with Gasteiger partial charge in [-0.15, -0.1) is 0 Å². The van der Waals surface area contributed by atoms with E-state index in [1.165, 1.54) is 5.69 Å². The Morgan fingerprint density at radius 1 is 1.08 bits per heavy atom. The van der Waals surface area contributed by atoms with Gasteiger partial charge in [0.25, 0.3) is 0 Å². The maximum atomic E-state index is 12.2. The maximum Gasteiger partial charge on any atom is 0.228 e. The molecular formula is C20H26N2O2. The van der Waals surface area contributed by atoms with Gasteiger partial charge in [-0.1, -0.05) is 12.1 Å². The highest BCUT2D eigenvalue weighted by Gasteiger charge is 2.09. The average Bonchev–Trinajstić information content (AvgIpc) is 2.57. The van der Waals surface area contributed by atoms with E-state index < -0.39 is 0 Å². The van der Waals surface area contributed by atoms with Gasteiger partial charge in [0.2, 0.25) is 5.91 Å². The topological polar surface area (TPSA) is 41.6 Å². The number of carbonyl (C=O) groups is 1. The molecule has 0 heterocycles. The zero-order valence-electron chi connectivity index (χ0n) is 14.9. The van der Waals surface area contributed by atoms with Crippen LogP contribution < -0.4 is 15.0 Å². The molecule has 128 valence electrons. The number of hydrogen-bond acceptors (Lipinski definition) is 3. The predicted molar refractivity (Wildman–Crippen MR) is 99.9 cm³/mol. The molecule has 0 atom stereocenters. The molecule has 0 aliphatic carbocycles. The van der Waals surface area contributed by atoms with Crippen LogP contribution in [0.1, 0.15) is 26.3 Å². The zero-order chi connectivity index (χ0) is 17.5. The van der Waals surface area contributed by atoms with Crippen LogP contribution in [0.25, 0.3) is 0 Å². The number of rotatable bonds is 7. The summed E-state index contributed by atoms with van der Waals surface area (Å²) in [6.07, 6.45) is 0.346. The second kappa shape index (κ2) is 8.39. The lowest BCUT2D eigenvalue weighted by Crippen LogP contribution is -2.30. The minimum absolute atomic E-state index is 0.0240. The summed E-state index contributed by atoms with van der Waals surface area (Å²) >= 11 is 0. The van der Waals surface area contributed by atoms with Crippen molar-refractivity contribution < 1.29 is 9.53 Å². The Labute approximate surface area is 144 Å². The van der Waals surface area contributed by atoms with Crippen molar-refractivity contribution in [1.82, 2.24) is 0 Å². The smallest absolute Gasteiger partial charge is 0.228 e. The van der Waals surface area contributed by atoms with Crippen molar-refractivity contribution in [2.24, 2.45) is 0 Å². The maximum absolute atomic E-state index is 12.2. The van der Waals surface area contributed by atoms with Gasteiger partial charge < -0.3 is 15.0 Å². The highest BCUT2D eigenvalue weighted by molar-refractivity contribution is 5.92. The first-order chi connectivity index (χ1) is 11.5. The summed E-state index contributed by atoms with van der Waals surface area (Å²) in [5, 5.41) is 2.94. The van der Waals surface area contributed by atoms with Gasteiger partial charge in [-0.05, 0) is 62.7 Å². The molecule has 2 rings (SSSR count). The Morgan fingerprint density at radius 2 is 1.71 bits per heavy atom. The third kappa shape index (κ3) is 4.75. The molecule has 4 nitrogen and oxygen atoms in total. The molecular weight excluding hydrogens is 300 g/mol. The first-order valence-corrected chi connectivity index (χ1v) is 8.33. The SMILES string of the molecule is CCN(c1ccc(NC(=O)Cc2ccc(OC)cc2)cc1)C(C)C. The number of ether oxygens (including phenoxy) is 1. The van der Waals surface area contributed by atoms with Crippen molar-refractivity contribution in [2.45, 2.75) is 33.2 Å². The minimum atomic E-state index is -0.0240. The number of benzene rings is 2. The van der Waals surface area contributed by atoms with Crippen LogP contribution in [-0.4, -0.2) is 25.6 Å². The first kappa shape index (κ1) is 17.9. The van der Waals surface area contributed by atoms with Crippen LogP contribution in [0, 0.1) is 0 Å². The molecule has 0 spiro atoms. The highest BCUT2D eigenvalue weighted by atomic mass is 16.5. The van der Waals surface area contributed by atoms with Crippen LogP contribution in [0.15, 0.2) is 48.5 Å². The fraction of sp³-hybridized carbons (Fsp3) is 0.350. The van der Waals surface area contributed by atoms with Gasteiger partial charge in [-0.2, -0.15) is 0 Å². The molecule has 0 aliphatic heterocycles. The van der Waals surface area contributed by atoms with E-state index in [2.05, 4.69) is 31.0 Å². The fourth-order valence-corrected chi connectivity index (χ4v) is 2.72. The van der Waals surface area contributed by atoms with Crippen molar-refractivity contribution in [2.75, 3.05) is 23.9 Å². The predicted octanol–water partition coefficient (Wildman–Crippen LogP) is 4.11. The zero-order valence-corrected chi connectivity index (χ0v) is 14.9. The van der Waals surface area contributed by atoms with Crippen molar-refractivity contribution >= 4 is 17.3 Å². The van der Waals surface area contributed by atoms with Crippen molar-refractivity contribution in [3.63, 3.8) is 0 Å². The largest absolute Gasteiger partial charge is 0.497 e. The molecule has 1 amide bonds. The van der Waals surface area contributed by atoms with E-state index in [4.69, 9.17) is 4.74 Å². The summed E-state index contributed by atoms with van der Waals surface area (Å²) in [6, 6.07) is 16.0.